The van der Waals surface area contributed by atoms with Crippen molar-refractivity contribution in [1.82, 2.24) is 14.7 Å². The van der Waals surface area contributed by atoms with E-state index in [0.717, 1.165) is 48.7 Å². The lowest BCUT2D eigenvalue weighted by atomic mass is 9.87. The Balaban J connectivity index is 1.18. The number of anilines is 1. The average Bonchev–Trinajstić information content (AvgIpc) is 3.58. The van der Waals surface area contributed by atoms with Crippen molar-refractivity contribution in [2.45, 2.75) is 52.0 Å². The molecule has 9 heteroatoms. The van der Waals surface area contributed by atoms with E-state index in [0.29, 0.717) is 35.0 Å². The minimum absolute atomic E-state index is 0.165. The molecule has 222 valence electrons. The van der Waals surface area contributed by atoms with E-state index in [-0.39, 0.29) is 34.6 Å². The second-order valence-electron chi connectivity index (χ2n) is 11.6. The van der Waals surface area contributed by atoms with Crippen molar-refractivity contribution in [3.05, 3.63) is 106 Å². The highest BCUT2D eigenvalue weighted by Crippen LogP contribution is 2.37. The van der Waals surface area contributed by atoms with Crippen LogP contribution in [0.1, 0.15) is 65.2 Å². The van der Waals surface area contributed by atoms with Crippen LogP contribution in [0.4, 0.5) is 19.0 Å². The van der Waals surface area contributed by atoms with Crippen LogP contribution in [-0.2, 0) is 6.42 Å². The highest BCUT2D eigenvalue weighted by Gasteiger charge is 2.28. The van der Waals surface area contributed by atoms with E-state index in [1.807, 2.05) is 6.07 Å². The fourth-order valence-corrected chi connectivity index (χ4v) is 6.09. The van der Waals surface area contributed by atoms with Gasteiger partial charge in [0.1, 0.15) is 17.4 Å². The first-order valence-electron chi connectivity index (χ1n) is 14.5. The van der Waals surface area contributed by atoms with Crippen LogP contribution in [0.15, 0.2) is 60.3 Å². The Kier molecular flexibility index (Phi) is 7.60. The molecule has 0 amide bonds. The average molecular weight is 587 g/mol. The SMILES string of the molecule is Cc1cc(Oc2cccc(F)c2F)ccc1-n1ncc(C(=O)C2=Cc3cc(F)c(C4CCN(C(C)C)CC4)cc3C2)c1N. The number of aromatic nitrogens is 2. The van der Waals surface area contributed by atoms with Gasteiger partial charge in [-0.1, -0.05) is 12.1 Å². The molecule has 1 aliphatic carbocycles. The summed E-state index contributed by atoms with van der Waals surface area (Å²) in [5.41, 5.74) is 10.9. The molecule has 1 aromatic heterocycles. The number of benzene rings is 3. The highest BCUT2D eigenvalue weighted by atomic mass is 19.2. The molecule has 2 heterocycles. The molecule has 2 aliphatic rings. The maximum Gasteiger partial charge on any atom is 0.201 e. The molecule has 6 nitrogen and oxygen atoms in total. The van der Waals surface area contributed by atoms with Crippen LogP contribution in [-0.4, -0.2) is 39.6 Å². The summed E-state index contributed by atoms with van der Waals surface area (Å²) in [6.07, 6.45) is 5.40. The van der Waals surface area contributed by atoms with Crippen LogP contribution in [0.3, 0.4) is 0 Å². The van der Waals surface area contributed by atoms with Gasteiger partial charge >= 0.3 is 0 Å². The Bertz CT molecular complexity index is 1750. The molecule has 0 radical (unpaired) electrons. The lowest BCUT2D eigenvalue weighted by molar-refractivity contribution is 0.103. The normalized spacial score (nSPS) is 15.6. The first kappa shape index (κ1) is 28.7. The number of hydrogen-bond acceptors (Lipinski definition) is 5. The number of hydrogen-bond donors (Lipinski definition) is 1. The molecule has 1 aliphatic heterocycles. The number of aryl methyl sites for hydroxylation is 1. The third-order valence-electron chi connectivity index (χ3n) is 8.55. The number of fused-ring (bicyclic) bond motifs is 1. The summed E-state index contributed by atoms with van der Waals surface area (Å²) in [6.45, 7) is 8.06. The van der Waals surface area contributed by atoms with Gasteiger partial charge in [0.2, 0.25) is 5.82 Å². The van der Waals surface area contributed by atoms with Crippen LogP contribution in [0.25, 0.3) is 11.8 Å². The topological polar surface area (TPSA) is 73.4 Å². The third-order valence-corrected chi connectivity index (χ3v) is 8.55. The summed E-state index contributed by atoms with van der Waals surface area (Å²) < 4.78 is 49.8. The monoisotopic (exact) mass is 586 g/mol. The van der Waals surface area contributed by atoms with E-state index >= 15 is 4.39 Å². The fourth-order valence-electron chi connectivity index (χ4n) is 6.09. The second-order valence-corrected chi connectivity index (χ2v) is 11.6. The van der Waals surface area contributed by atoms with Crippen LogP contribution < -0.4 is 10.5 Å². The number of Topliss-reactive ketones (excluding diaryl/α,β-unsaturated/α-hetero) is 1. The van der Waals surface area contributed by atoms with E-state index in [4.69, 9.17) is 10.5 Å². The molecule has 43 heavy (non-hydrogen) atoms. The van der Waals surface area contributed by atoms with Gasteiger partial charge in [0.15, 0.2) is 17.3 Å². The van der Waals surface area contributed by atoms with Crippen molar-refractivity contribution >= 4 is 17.7 Å². The molecule has 0 spiro atoms. The minimum Gasteiger partial charge on any atom is -0.454 e. The summed E-state index contributed by atoms with van der Waals surface area (Å²) in [5.74, 6) is -2.14. The van der Waals surface area contributed by atoms with Gasteiger partial charge in [-0.2, -0.15) is 9.49 Å². The van der Waals surface area contributed by atoms with Crippen LogP contribution >= 0.6 is 0 Å². The van der Waals surface area contributed by atoms with E-state index in [9.17, 15) is 13.6 Å². The third kappa shape index (κ3) is 5.45. The number of piperidine rings is 1. The molecule has 0 atom stereocenters. The zero-order chi connectivity index (χ0) is 30.4. The van der Waals surface area contributed by atoms with Crippen molar-refractivity contribution in [1.29, 1.82) is 0 Å². The van der Waals surface area contributed by atoms with Gasteiger partial charge in [0, 0.05) is 18.0 Å². The standard InChI is InChI=1S/C34H33F3N4O2/c1-19(2)40-11-9-21(10-12-40)26-16-22-14-24(15-23(22)17-29(26)36)33(42)27-18-39-41(34(27)38)30-8-7-25(13-20(30)3)43-31-6-4-5-28(35)32(31)37/h4-8,13,15-19,21H,9-12,14,38H2,1-3H3. The Labute approximate surface area is 248 Å². The smallest absolute Gasteiger partial charge is 0.201 e. The molecule has 0 bridgehead atoms. The summed E-state index contributed by atoms with van der Waals surface area (Å²) in [7, 11) is 0. The van der Waals surface area contributed by atoms with Gasteiger partial charge in [-0.15, -0.1) is 0 Å². The summed E-state index contributed by atoms with van der Waals surface area (Å²) >= 11 is 0. The Morgan fingerprint density at radius 3 is 2.53 bits per heavy atom. The summed E-state index contributed by atoms with van der Waals surface area (Å²) in [6, 6.07) is 12.6. The maximum atomic E-state index is 15.2. The molecular formula is C34H33F3N4O2. The first-order valence-corrected chi connectivity index (χ1v) is 14.5. The van der Waals surface area contributed by atoms with E-state index in [1.54, 1.807) is 37.3 Å². The Morgan fingerprint density at radius 1 is 1.05 bits per heavy atom. The highest BCUT2D eigenvalue weighted by molar-refractivity contribution is 6.15. The molecule has 1 fully saturated rings. The number of nitrogen functional groups attached to an aromatic ring is 1. The van der Waals surface area contributed by atoms with E-state index in [1.165, 1.54) is 23.0 Å². The van der Waals surface area contributed by atoms with Crippen molar-refractivity contribution < 1.29 is 22.7 Å². The second kappa shape index (κ2) is 11.4. The van der Waals surface area contributed by atoms with Gasteiger partial charge in [0.05, 0.1) is 17.4 Å². The van der Waals surface area contributed by atoms with Crippen LogP contribution in [0.2, 0.25) is 0 Å². The number of nitrogens with zero attached hydrogens (tertiary/aromatic N) is 3. The van der Waals surface area contributed by atoms with Gasteiger partial charge in [-0.3, -0.25) is 4.79 Å². The molecule has 6 rings (SSSR count). The van der Waals surface area contributed by atoms with E-state index < -0.39 is 11.6 Å². The first-order chi connectivity index (χ1) is 20.6. The quantitative estimate of drug-likeness (QED) is 0.229. The molecule has 2 N–H and O–H groups in total. The van der Waals surface area contributed by atoms with Crippen molar-refractivity contribution in [2.24, 2.45) is 0 Å². The number of ether oxygens (including phenoxy) is 1. The number of likely N-dealkylation sites (tertiary alicyclic amines) is 1. The van der Waals surface area contributed by atoms with Crippen molar-refractivity contribution in [3.8, 4) is 17.2 Å². The number of nitrogens with two attached hydrogens (primary N) is 1. The van der Waals surface area contributed by atoms with Crippen LogP contribution in [0.5, 0.6) is 11.5 Å². The van der Waals surface area contributed by atoms with Crippen LogP contribution in [0, 0.1) is 24.4 Å². The van der Waals surface area contributed by atoms with Gasteiger partial charge in [0.25, 0.3) is 0 Å². The zero-order valence-corrected chi connectivity index (χ0v) is 24.3. The summed E-state index contributed by atoms with van der Waals surface area (Å²) in [5, 5.41) is 4.36. The number of allylic oxidation sites excluding steroid dienone is 1. The lowest BCUT2D eigenvalue weighted by Crippen LogP contribution is -2.38. The van der Waals surface area contributed by atoms with E-state index in [2.05, 4.69) is 23.8 Å². The minimum atomic E-state index is -1.07. The fraction of sp³-hybridized carbons (Fsp3) is 0.294. The van der Waals surface area contributed by atoms with Gasteiger partial charge < -0.3 is 15.4 Å². The predicted molar refractivity (Wildman–Crippen MR) is 160 cm³/mol. The number of ketones is 1. The summed E-state index contributed by atoms with van der Waals surface area (Å²) in [4.78, 5) is 16.0. The maximum absolute atomic E-state index is 15.2. The molecule has 0 saturated carbocycles. The number of rotatable bonds is 7. The molecule has 1 saturated heterocycles. The zero-order valence-electron chi connectivity index (χ0n) is 24.3. The molecular weight excluding hydrogens is 553 g/mol. The largest absolute Gasteiger partial charge is 0.454 e. The Hall–Kier alpha value is -4.37. The number of carbonyl (C=O) groups excluding carboxylic acids is 1. The predicted octanol–water partition coefficient (Wildman–Crippen LogP) is 7.38. The number of carbonyl (C=O) groups is 1. The molecule has 0 unspecified atom stereocenters. The van der Waals surface area contributed by atoms with Crippen molar-refractivity contribution in [2.75, 3.05) is 18.8 Å². The van der Waals surface area contributed by atoms with Gasteiger partial charge in [-0.05, 0) is 117 Å². The molecule has 3 aromatic carbocycles. The van der Waals surface area contributed by atoms with Gasteiger partial charge in [-0.25, -0.2) is 13.5 Å². The lowest BCUT2D eigenvalue weighted by Gasteiger charge is -2.35. The number of halogens is 3. The molecule has 4 aromatic rings. The Morgan fingerprint density at radius 2 is 1.81 bits per heavy atom. The van der Waals surface area contributed by atoms with Crippen molar-refractivity contribution in [3.63, 3.8) is 0 Å².